The molecule has 0 aliphatic carbocycles. The zero-order valence-electron chi connectivity index (χ0n) is 14.4. The molecule has 27 heavy (non-hydrogen) atoms. The molecule has 4 rings (SSSR count). The van der Waals surface area contributed by atoms with Gasteiger partial charge in [0.05, 0.1) is 33.2 Å². The van der Waals surface area contributed by atoms with E-state index < -0.39 is 0 Å². The Morgan fingerprint density at radius 3 is 2.81 bits per heavy atom. The van der Waals surface area contributed by atoms with Gasteiger partial charge in [0.15, 0.2) is 12.1 Å². The molecule has 0 aliphatic heterocycles. The number of hydrogen-bond donors (Lipinski definition) is 2. The Balaban J connectivity index is 1.62. The van der Waals surface area contributed by atoms with Crippen molar-refractivity contribution in [1.29, 1.82) is 0 Å². The van der Waals surface area contributed by atoms with Crippen molar-refractivity contribution < 1.29 is 4.79 Å². The molecule has 7 heteroatoms. The van der Waals surface area contributed by atoms with Crippen LogP contribution in [0.1, 0.15) is 15.2 Å². The molecule has 0 aliphatic rings. The number of nitrogens with zero attached hydrogens (tertiary/aromatic N) is 3. The van der Waals surface area contributed by atoms with Crippen molar-refractivity contribution in [3.8, 4) is 10.6 Å². The third-order valence-corrected chi connectivity index (χ3v) is 5.23. The van der Waals surface area contributed by atoms with Gasteiger partial charge in [-0.2, -0.15) is 0 Å². The predicted octanol–water partition coefficient (Wildman–Crippen LogP) is 3.63. The van der Waals surface area contributed by atoms with Crippen LogP contribution in [-0.2, 0) is 6.54 Å². The van der Waals surface area contributed by atoms with Gasteiger partial charge in [-0.3, -0.25) is 14.8 Å². The van der Waals surface area contributed by atoms with Crippen LogP contribution in [0.2, 0.25) is 0 Å². The second-order valence-electron chi connectivity index (χ2n) is 6.09. The third kappa shape index (κ3) is 3.51. The van der Waals surface area contributed by atoms with Crippen LogP contribution in [0, 0.1) is 0 Å². The second-order valence-corrected chi connectivity index (χ2v) is 7.20. The summed E-state index contributed by atoms with van der Waals surface area (Å²) >= 11 is 1.38. The van der Waals surface area contributed by atoms with Crippen LogP contribution in [0.3, 0.4) is 0 Å². The average Bonchev–Trinajstić information content (AvgIpc) is 3.17. The molecule has 1 aromatic carbocycles. The van der Waals surface area contributed by atoms with Gasteiger partial charge in [0.1, 0.15) is 0 Å². The number of benzene rings is 1. The first-order valence-electron chi connectivity index (χ1n) is 8.32. The maximum atomic E-state index is 10.9. The van der Waals surface area contributed by atoms with Crippen molar-refractivity contribution in [3.05, 3.63) is 71.2 Å². The summed E-state index contributed by atoms with van der Waals surface area (Å²) < 4.78 is 0. The Bertz CT molecular complexity index is 1120. The Morgan fingerprint density at radius 2 is 2.00 bits per heavy atom. The molecule has 0 saturated carbocycles. The molecule has 0 radical (unpaired) electrons. The zero-order chi connectivity index (χ0) is 18.8. The standard InChI is InChI=1S/C20H17N5OS/c21-16-5-7-18(19-8-4-15(12-26)27-19)24-20(16)25(22)11-13-3-6-17-14(10-13)2-1-9-23-17/h1-10,12H,11,21-22H2. The molecule has 3 heterocycles. The summed E-state index contributed by atoms with van der Waals surface area (Å²) in [5, 5.41) is 2.59. The minimum absolute atomic E-state index is 0.454. The second kappa shape index (κ2) is 7.14. The number of carbonyl (C=O) groups excluding carboxylic acids is 1. The van der Waals surface area contributed by atoms with Crippen molar-refractivity contribution in [2.24, 2.45) is 5.84 Å². The minimum Gasteiger partial charge on any atom is -0.396 e. The van der Waals surface area contributed by atoms with Gasteiger partial charge in [-0.25, -0.2) is 10.8 Å². The van der Waals surface area contributed by atoms with E-state index in [1.165, 1.54) is 16.3 Å². The highest BCUT2D eigenvalue weighted by Gasteiger charge is 2.12. The Labute approximate surface area is 160 Å². The highest BCUT2D eigenvalue weighted by Crippen LogP contribution is 2.30. The molecule has 0 bridgehead atoms. The first kappa shape index (κ1) is 17.1. The Morgan fingerprint density at radius 1 is 1.11 bits per heavy atom. The van der Waals surface area contributed by atoms with Gasteiger partial charge in [-0.05, 0) is 48.0 Å². The molecule has 134 valence electrons. The maximum Gasteiger partial charge on any atom is 0.166 e. The van der Waals surface area contributed by atoms with Gasteiger partial charge < -0.3 is 5.73 Å². The predicted molar refractivity (Wildman–Crippen MR) is 109 cm³/mol. The number of anilines is 2. The molecule has 0 fully saturated rings. The monoisotopic (exact) mass is 375 g/mol. The van der Waals surface area contributed by atoms with E-state index in [1.807, 2.05) is 36.4 Å². The molecule has 0 spiro atoms. The Hall–Kier alpha value is -3.29. The van der Waals surface area contributed by atoms with Crippen LogP contribution < -0.4 is 16.6 Å². The van der Waals surface area contributed by atoms with E-state index in [9.17, 15) is 4.79 Å². The van der Waals surface area contributed by atoms with E-state index in [0.717, 1.165) is 33.3 Å². The Kier molecular flexibility index (Phi) is 4.53. The van der Waals surface area contributed by atoms with Crippen LogP contribution >= 0.6 is 11.3 Å². The highest BCUT2D eigenvalue weighted by atomic mass is 32.1. The number of rotatable bonds is 5. The van der Waals surface area contributed by atoms with Crippen molar-refractivity contribution in [2.75, 3.05) is 10.7 Å². The van der Waals surface area contributed by atoms with E-state index in [1.54, 1.807) is 18.3 Å². The summed E-state index contributed by atoms with van der Waals surface area (Å²) in [4.78, 5) is 21.4. The van der Waals surface area contributed by atoms with E-state index in [4.69, 9.17) is 11.6 Å². The summed E-state index contributed by atoms with van der Waals surface area (Å²) in [5.74, 6) is 6.77. The number of fused-ring (bicyclic) bond motifs is 1. The number of thiophene rings is 1. The zero-order valence-corrected chi connectivity index (χ0v) is 15.2. The lowest BCUT2D eigenvalue weighted by Crippen LogP contribution is -2.31. The molecule has 3 aromatic heterocycles. The number of aldehydes is 1. The lowest BCUT2D eigenvalue weighted by Gasteiger charge is -2.20. The summed E-state index contributed by atoms with van der Waals surface area (Å²) in [7, 11) is 0. The number of carbonyl (C=O) groups is 1. The summed E-state index contributed by atoms with van der Waals surface area (Å²) in [6, 6.07) is 17.2. The third-order valence-electron chi connectivity index (χ3n) is 4.19. The quantitative estimate of drug-likeness (QED) is 0.314. The van der Waals surface area contributed by atoms with Crippen LogP contribution in [0.25, 0.3) is 21.5 Å². The first-order valence-corrected chi connectivity index (χ1v) is 9.13. The van der Waals surface area contributed by atoms with Crippen LogP contribution in [0.5, 0.6) is 0 Å². The van der Waals surface area contributed by atoms with Gasteiger partial charge in [0, 0.05) is 11.6 Å². The number of hydrogen-bond acceptors (Lipinski definition) is 7. The smallest absolute Gasteiger partial charge is 0.166 e. The lowest BCUT2D eigenvalue weighted by molar-refractivity contribution is 0.112. The molecule has 0 saturated heterocycles. The molecule has 0 atom stereocenters. The molecular weight excluding hydrogens is 358 g/mol. The van der Waals surface area contributed by atoms with Crippen molar-refractivity contribution in [1.82, 2.24) is 9.97 Å². The normalized spacial score (nSPS) is 10.9. The van der Waals surface area contributed by atoms with Crippen molar-refractivity contribution in [2.45, 2.75) is 6.54 Å². The van der Waals surface area contributed by atoms with Crippen molar-refractivity contribution >= 4 is 40.0 Å². The number of hydrazine groups is 1. The summed E-state index contributed by atoms with van der Waals surface area (Å²) in [6.45, 7) is 0.454. The molecule has 0 amide bonds. The highest BCUT2D eigenvalue weighted by molar-refractivity contribution is 7.17. The number of pyridine rings is 2. The summed E-state index contributed by atoms with van der Waals surface area (Å²) in [6.07, 6.45) is 2.60. The maximum absolute atomic E-state index is 10.9. The largest absolute Gasteiger partial charge is 0.396 e. The van der Waals surface area contributed by atoms with E-state index in [2.05, 4.69) is 16.0 Å². The van der Waals surface area contributed by atoms with Crippen LogP contribution in [0.4, 0.5) is 11.5 Å². The van der Waals surface area contributed by atoms with Crippen LogP contribution in [0.15, 0.2) is 60.8 Å². The first-order chi connectivity index (χ1) is 13.1. The molecular formula is C20H17N5OS. The number of aromatic nitrogens is 2. The van der Waals surface area contributed by atoms with Crippen LogP contribution in [-0.4, -0.2) is 16.3 Å². The van der Waals surface area contributed by atoms with Gasteiger partial charge in [-0.15, -0.1) is 11.3 Å². The molecule has 4 N–H and O–H groups in total. The minimum atomic E-state index is 0.454. The average molecular weight is 375 g/mol. The number of nitrogens with two attached hydrogens (primary N) is 2. The van der Waals surface area contributed by atoms with E-state index in [-0.39, 0.29) is 0 Å². The van der Waals surface area contributed by atoms with Gasteiger partial charge in [0.25, 0.3) is 0 Å². The fraction of sp³-hybridized carbons (Fsp3) is 0.0500. The fourth-order valence-corrected chi connectivity index (χ4v) is 3.67. The van der Waals surface area contributed by atoms with Gasteiger partial charge >= 0.3 is 0 Å². The summed E-state index contributed by atoms with van der Waals surface area (Å²) in [5.41, 5.74) is 9.29. The van der Waals surface area contributed by atoms with E-state index in [0.29, 0.717) is 22.9 Å². The van der Waals surface area contributed by atoms with E-state index >= 15 is 0 Å². The fourth-order valence-electron chi connectivity index (χ4n) is 2.88. The lowest BCUT2D eigenvalue weighted by atomic mass is 10.1. The van der Waals surface area contributed by atoms with Crippen molar-refractivity contribution in [3.63, 3.8) is 0 Å². The van der Waals surface area contributed by atoms with Gasteiger partial charge in [0.2, 0.25) is 0 Å². The molecule has 4 aromatic rings. The number of nitrogen functional groups attached to an aromatic ring is 1. The molecule has 0 unspecified atom stereocenters. The van der Waals surface area contributed by atoms with Gasteiger partial charge in [-0.1, -0.05) is 12.1 Å². The topological polar surface area (TPSA) is 98.1 Å². The molecule has 6 nitrogen and oxygen atoms in total. The SMILES string of the molecule is Nc1ccc(-c2ccc(C=O)s2)nc1N(N)Cc1ccc2ncccc2c1.